The van der Waals surface area contributed by atoms with E-state index in [9.17, 15) is 4.39 Å². The van der Waals surface area contributed by atoms with E-state index in [0.717, 1.165) is 25.7 Å². The Morgan fingerprint density at radius 3 is 2.29 bits per heavy atom. The van der Waals surface area contributed by atoms with Crippen molar-refractivity contribution in [2.75, 3.05) is 0 Å². The lowest BCUT2D eigenvalue weighted by Crippen LogP contribution is -2.72. The van der Waals surface area contributed by atoms with Gasteiger partial charge in [0.25, 0.3) is 0 Å². The van der Waals surface area contributed by atoms with Gasteiger partial charge in [0.15, 0.2) is 5.60 Å². The largest absolute Gasteiger partial charge is 0.353 e. The normalized spacial score (nSPS) is 63.5. The third-order valence-electron chi connectivity index (χ3n) is 5.76. The van der Waals surface area contributed by atoms with E-state index in [0.29, 0.717) is 30.6 Å². The van der Waals surface area contributed by atoms with Crippen molar-refractivity contribution in [2.24, 2.45) is 17.8 Å². The molecule has 1 spiro atoms. The lowest BCUT2D eigenvalue weighted by molar-refractivity contribution is -0.335. The predicted octanol–water partition coefficient (Wildman–Crippen LogP) is 2.98. The first-order valence-corrected chi connectivity index (χ1v) is 6.77. The van der Waals surface area contributed by atoms with Crippen molar-refractivity contribution in [3.05, 3.63) is 0 Å². The highest BCUT2D eigenvalue weighted by molar-refractivity contribution is 5.23. The molecule has 5 rings (SSSR count). The molecule has 4 bridgehead atoms. The van der Waals surface area contributed by atoms with Crippen molar-refractivity contribution >= 4 is 0 Å². The smallest absolute Gasteiger partial charge is 0.155 e. The first-order valence-electron chi connectivity index (χ1n) is 6.77. The molecule has 0 aromatic rings. The summed E-state index contributed by atoms with van der Waals surface area (Å²) in [6, 6.07) is 2.25. The van der Waals surface area contributed by atoms with Crippen LogP contribution in [0.25, 0.3) is 0 Å². The van der Waals surface area contributed by atoms with Crippen molar-refractivity contribution < 1.29 is 9.13 Å². The van der Waals surface area contributed by atoms with Gasteiger partial charge in [0.2, 0.25) is 0 Å². The van der Waals surface area contributed by atoms with Gasteiger partial charge in [0, 0.05) is 6.42 Å². The van der Waals surface area contributed by atoms with E-state index < -0.39 is 11.3 Å². The maximum absolute atomic E-state index is 14.5. The number of rotatable bonds is 0. The van der Waals surface area contributed by atoms with Crippen LogP contribution in [0, 0.1) is 29.1 Å². The maximum Gasteiger partial charge on any atom is 0.155 e. The van der Waals surface area contributed by atoms with Gasteiger partial charge >= 0.3 is 0 Å². The van der Waals surface area contributed by atoms with Gasteiger partial charge in [-0.3, -0.25) is 0 Å². The van der Waals surface area contributed by atoms with Crippen molar-refractivity contribution in [1.82, 2.24) is 0 Å². The van der Waals surface area contributed by atoms with Crippen molar-refractivity contribution in [2.45, 2.75) is 62.3 Å². The van der Waals surface area contributed by atoms with Gasteiger partial charge in [-0.05, 0) is 56.8 Å². The van der Waals surface area contributed by atoms with Crippen LogP contribution < -0.4 is 0 Å². The summed E-state index contributed by atoms with van der Waals surface area (Å²) in [5.41, 5.74) is -1.63. The molecule has 0 N–H and O–H groups in total. The molecule has 0 radical (unpaired) electrons. The molecule has 4 aliphatic carbocycles. The minimum atomic E-state index is -0.899. The lowest BCUT2D eigenvalue weighted by atomic mass is 9.45. The van der Waals surface area contributed by atoms with Crippen molar-refractivity contribution in [3.63, 3.8) is 0 Å². The van der Waals surface area contributed by atoms with Gasteiger partial charge < -0.3 is 4.74 Å². The molecular formula is C14H18FNO. The fraction of sp³-hybridized carbons (Fsp3) is 0.929. The number of alkyl halides is 1. The van der Waals surface area contributed by atoms with E-state index in [4.69, 9.17) is 10.00 Å². The third-order valence-corrected chi connectivity index (χ3v) is 5.76. The standard InChI is InChI=1S/C14H18FNO/c1-12(8-16)7-14(17-12)10-2-9-3-11(14)6-13(15,4-9)5-10/h9-11H,2-7H2,1H3/t9?,10-,11+,12?,13?,14?. The summed E-state index contributed by atoms with van der Waals surface area (Å²) in [5.74, 6) is 1.33. The van der Waals surface area contributed by atoms with E-state index in [1.165, 1.54) is 0 Å². The van der Waals surface area contributed by atoms with Crippen LogP contribution in [0.3, 0.4) is 0 Å². The summed E-state index contributed by atoms with van der Waals surface area (Å²) >= 11 is 0. The number of nitriles is 1. The number of ether oxygens (including phenoxy) is 1. The quantitative estimate of drug-likeness (QED) is 0.646. The fourth-order valence-electron chi connectivity index (χ4n) is 5.42. The number of hydrogen-bond donors (Lipinski definition) is 0. The lowest BCUT2D eigenvalue weighted by Gasteiger charge is -2.68. The van der Waals surface area contributed by atoms with Crippen LogP contribution in [0.1, 0.15) is 45.4 Å². The zero-order chi connectivity index (χ0) is 11.9. The van der Waals surface area contributed by atoms with Crippen molar-refractivity contribution in [1.29, 1.82) is 5.26 Å². The minimum absolute atomic E-state index is 0.128. The Bertz CT molecular complexity index is 402. The van der Waals surface area contributed by atoms with Gasteiger partial charge in [-0.25, -0.2) is 4.39 Å². The first-order chi connectivity index (χ1) is 7.97. The molecule has 5 aliphatic rings. The zero-order valence-corrected chi connectivity index (χ0v) is 10.2. The molecule has 4 unspecified atom stereocenters. The summed E-state index contributed by atoms with van der Waals surface area (Å²) in [6.07, 6.45) is 5.23. The molecule has 3 heteroatoms. The van der Waals surface area contributed by atoms with E-state index in [1.807, 2.05) is 6.92 Å². The summed E-state index contributed by atoms with van der Waals surface area (Å²) in [4.78, 5) is 0. The number of halogens is 1. The predicted molar refractivity (Wildman–Crippen MR) is 59.8 cm³/mol. The molecule has 2 nitrogen and oxygen atoms in total. The van der Waals surface area contributed by atoms with Crippen LogP contribution in [-0.2, 0) is 4.74 Å². The molecule has 0 amide bonds. The highest BCUT2D eigenvalue weighted by Crippen LogP contribution is 2.67. The van der Waals surface area contributed by atoms with E-state index >= 15 is 0 Å². The topological polar surface area (TPSA) is 33.0 Å². The van der Waals surface area contributed by atoms with Crippen LogP contribution in [0.15, 0.2) is 0 Å². The van der Waals surface area contributed by atoms with Crippen LogP contribution in [0.5, 0.6) is 0 Å². The van der Waals surface area contributed by atoms with Gasteiger partial charge in [0.1, 0.15) is 5.67 Å². The van der Waals surface area contributed by atoms with Gasteiger partial charge in [-0.1, -0.05) is 0 Å². The van der Waals surface area contributed by atoms with Crippen LogP contribution in [0.2, 0.25) is 0 Å². The second-order valence-electron chi connectivity index (χ2n) is 7.07. The molecular weight excluding hydrogens is 217 g/mol. The van der Waals surface area contributed by atoms with Gasteiger partial charge in [0.05, 0.1) is 11.7 Å². The average molecular weight is 235 g/mol. The first kappa shape index (κ1) is 10.3. The monoisotopic (exact) mass is 235 g/mol. The molecule has 5 fully saturated rings. The summed E-state index contributed by atoms with van der Waals surface area (Å²) in [5, 5.41) is 9.08. The van der Waals surface area contributed by atoms with E-state index in [-0.39, 0.29) is 5.60 Å². The maximum atomic E-state index is 14.5. The van der Waals surface area contributed by atoms with Crippen molar-refractivity contribution in [3.8, 4) is 6.07 Å². The molecule has 1 saturated heterocycles. The second kappa shape index (κ2) is 2.69. The second-order valence-corrected chi connectivity index (χ2v) is 7.07. The SMILES string of the molecule is CC1(C#N)CC2(O1)[C@@H]1CC3C[C@H]2CC(F)(C3)C1. The fourth-order valence-corrected chi connectivity index (χ4v) is 5.42. The molecule has 6 atom stereocenters. The zero-order valence-electron chi connectivity index (χ0n) is 10.2. The Hall–Kier alpha value is -0.620. The summed E-state index contributed by atoms with van der Waals surface area (Å²) < 4.78 is 20.6. The Morgan fingerprint density at radius 1 is 1.24 bits per heavy atom. The van der Waals surface area contributed by atoms with E-state index in [1.54, 1.807) is 0 Å². The Kier molecular flexibility index (Phi) is 1.63. The van der Waals surface area contributed by atoms with Gasteiger partial charge in [-0.15, -0.1) is 0 Å². The number of hydrogen-bond acceptors (Lipinski definition) is 2. The summed E-state index contributed by atoms with van der Waals surface area (Å²) in [7, 11) is 0. The van der Waals surface area contributed by atoms with E-state index in [2.05, 4.69) is 6.07 Å². The van der Waals surface area contributed by atoms with Crippen LogP contribution in [-0.4, -0.2) is 16.9 Å². The number of nitrogens with zero attached hydrogens (tertiary/aromatic N) is 1. The molecule has 4 saturated carbocycles. The van der Waals surface area contributed by atoms with Crippen LogP contribution in [0.4, 0.5) is 4.39 Å². The molecule has 1 heterocycles. The molecule has 17 heavy (non-hydrogen) atoms. The highest BCUT2D eigenvalue weighted by atomic mass is 19.1. The molecule has 1 aliphatic heterocycles. The molecule has 0 aromatic heterocycles. The molecule has 0 aromatic carbocycles. The Morgan fingerprint density at radius 2 is 1.82 bits per heavy atom. The Balaban J connectivity index is 1.67. The average Bonchev–Trinajstić information content (AvgIpc) is 2.20. The highest BCUT2D eigenvalue weighted by Gasteiger charge is 2.70. The third kappa shape index (κ3) is 1.13. The van der Waals surface area contributed by atoms with Crippen LogP contribution >= 0.6 is 0 Å². The Labute approximate surface area is 101 Å². The molecule has 92 valence electrons. The van der Waals surface area contributed by atoms with Gasteiger partial charge in [-0.2, -0.15) is 5.26 Å². The minimum Gasteiger partial charge on any atom is -0.353 e. The summed E-state index contributed by atoms with van der Waals surface area (Å²) in [6.45, 7) is 1.87.